The second kappa shape index (κ2) is 6.38. The molecule has 1 heterocycles. The molecule has 0 aliphatic heterocycles. The van der Waals surface area contributed by atoms with Gasteiger partial charge in [-0.05, 0) is 26.5 Å². The second-order valence-electron chi connectivity index (χ2n) is 4.50. The van der Waals surface area contributed by atoms with E-state index in [4.69, 9.17) is 9.26 Å². The first-order chi connectivity index (χ1) is 9.24. The predicted molar refractivity (Wildman–Crippen MR) is 74.1 cm³/mol. The van der Waals surface area contributed by atoms with Crippen LogP contribution < -0.4 is 10.1 Å². The third-order valence-electron chi connectivity index (χ3n) is 3.10. The second-order valence-corrected chi connectivity index (χ2v) is 4.50. The first-order valence-electron chi connectivity index (χ1n) is 6.55. The molecule has 1 aromatic heterocycles. The van der Waals surface area contributed by atoms with Crippen molar-refractivity contribution < 1.29 is 9.26 Å². The molecule has 4 nitrogen and oxygen atoms in total. The molecule has 1 atom stereocenters. The topological polar surface area (TPSA) is 47.3 Å². The van der Waals surface area contributed by atoms with E-state index in [1.807, 2.05) is 38.2 Å². The summed E-state index contributed by atoms with van der Waals surface area (Å²) >= 11 is 0. The predicted octanol–water partition coefficient (Wildman–Crippen LogP) is 3.23. The van der Waals surface area contributed by atoms with Crippen molar-refractivity contribution in [3.8, 4) is 5.75 Å². The van der Waals surface area contributed by atoms with Crippen LogP contribution in [0.4, 0.5) is 0 Å². The van der Waals surface area contributed by atoms with E-state index < -0.39 is 0 Å². The van der Waals surface area contributed by atoms with Crippen LogP contribution in [0.15, 0.2) is 34.9 Å². The molecule has 1 aromatic carbocycles. The lowest BCUT2D eigenvalue weighted by molar-refractivity contribution is 0.282. The van der Waals surface area contributed by atoms with E-state index in [9.17, 15) is 0 Å². The summed E-state index contributed by atoms with van der Waals surface area (Å²) in [5, 5.41) is 7.23. The Bertz CT molecular complexity index is 518. The Balaban J connectivity index is 2.11. The Morgan fingerprint density at radius 1 is 1.37 bits per heavy atom. The van der Waals surface area contributed by atoms with Crippen molar-refractivity contribution >= 4 is 0 Å². The summed E-state index contributed by atoms with van der Waals surface area (Å²) in [7, 11) is 1.96. The van der Waals surface area contributed by atoms with E-state index in [1.54, 1.807) is 0 Å². The molecule has 0 saturated heterocycles. The zero-order valence-corrected chi connectivity index (χ0v) is 11.6. The average molecular weight is 260 g/mol. The molecule has 0 aliphatic rings. The number of nitrogens with one attached hydrogen (secondary N) is 1. The highest BCUT2D eigenvalue weighted by molar-refractivity contribution is 5.36. The third kappa shape index (κ3) is 3.35. The number of benzene rings is 1. The van der Waals surface area contributed by atoms with Gasteiger partial charge in [-0.15, -0.1) is 0 Å². The quantitative estimate of drug-likeness (QED) is 0.866. The fourth-order valence-electron chi connectivity index (χ4n) is 2.12. The molecule has 19 heavy (non-hydrogen) atoms. The van der Waals surface area contributed by atoms with Crippen LogP contribution >= 0.6 is 0 Å². The van der Waals surface area contributed by atoms with Crippen molar-refractivity contribution in [1.82, 2.24) is 10.5 Å². The van der Waals surface area contributed by atoms with Gasteiger partial charge in [-0.3, -0.25) is 0 Å². The molecule has 1 unspecified atom stereocenters. The summed E-state index contributed by atoms with van der Waals surface area (Å²) in [4.78, 5) is 0. The van der Waals surface area contributed by atoms with Gasteiger partial charge < -0.3 is 14.6 Å². The van der Waals surface area contributed by atoms with Crippen LogP contribution in [0.1, 0.15) is 36.4 Å². The molecule has 0 fully saturated rings. The molecule has 1 N–H and O–H groups in total. The fraction of sp³-hybridized carbons (Fsp3) is 0.400. The first-order valence-corrected chi connectivity index (χ1v) is 6.55. The van der Waals surface area contributed by atoms with Crippen LogP contribution in [-0.2, 0) is 6.61 Å². The zero-order valence-electron chi connectivity index (χ0n) is 11.6. The Morgan fingerprint density at radius 3 is 2.79 bits per heavy atom. The summed E-state index contributed by atoms with van der Waals surface area (Å²) in [6.45, 7) is 4.45. The smallest absolute Gasteiger partial charge is 0.134 e. The standard InChI is InChI=1S/C15H20N2O2/c1-4-14(16-3)13-7-5-6-8-15(13)18-10-12-9-11(2)19-17-12/h5-9,14,16H,4,10H2,1-3H3. The van der Waals surface area contributed by atoms with Gasteiger partial charge in [0.2, 0.25) is 0 Å². The number of hydrogen-bond acceptors (Lipinski definition) is 4. The molecular formula is C15H20N2O2. The molecule has 2 aromatic rings. The van der Waals surface area contributed by atoms with E-state index in [1.165, 1.54) is 5.56 Å². The van der Waals surface area contributed by atoms with Crippen molar-refractivity contribution in [2.75, 3.05) is 7.05 Å². The number of aryl methyl sites for hydroxylation is 1. The van der Waals surface area contributed by atoms with Crippen molar-refractivity contribution in [1.29, 1.82) is 0 Å². The van der Waals surface area contributed by atoms with Crippen LogP contribution in [0.3, 0.4) is 0 Å². The van der Waals surface area contributed by atoms with Gasteiger partial charge >= 0.3 is 0 Å². The van der Waals surface area contributed by atoms with Crippen LogP contribution in [0.25, 0.3) is 0 Å². The summed E-state index contributed by atoms with van der Waals surface area (Å²) in [6.07, 6.45) is 1.01. The van der Waals surface area contributed by atoms with Crippen LogP contribution in [-0.4, -0.2) is 12.2 Å². The summed E-state index contributed by atoms with van der Waals surface area (Å²) < 4.78 is 10.9. The Morgan fingerprint density at radius 2 is 2.16 bits per heavy atom. The number of rotatable bonds is 6. The maximum absolute atomic E-state index is 5.86. The molecule has 0 saturated carbocycles. The molecule has 0 aliphatic carbocycles. The lowest BCUT2D eigenvalue weighted by Crippen LogP contribution is -2.16. The van der Waals surface area contributed by atoms with Crippen molar-refractivity contribution in [2.24, 2.45) is 0 Å². The molecular weight excluding hydrogens is 240 g/mol. The molecule has 102 valence electrons. The summed E-state index contributed by atoms with van der Waals surface area (Å²) in [5.74, 6) is 1.69. The Labute approximate surface area is 113 Å². The highest BCUT2D eigenvalue weighted by atomic mass is 16.5. The van der Waals surface area contributed by atoms with Gasteiger partial charge in [0, 0.05) is 17.7 Å². The lowest BCUT2D eigenvalue weighted by atomic mass is 10.0. The normalized spacial score (nSPS) is 12.4. The highest BCUT2D eigenvalue weighted by Crippen LogP contribution is 2.27. The van der Waals surface area contributed by atoms with Gasteiger partial charge in [-0.1, -0.05) is 30.3 Å². The van der Waals surface area contributed by atoms with Crippen LogP contribution in [0, 0.1) is 6.92 Å². The number of aromatic nitrogens is 1. The van der Waals surface area contributed by atoms with E-state index in [-0.39, 0.29) is 0 Å². The number of ether oxygens (including phenoxy) is 1. The van der Waals surface area contributed by atoms with Crippen LogP contribution in [0.5, 0.6) is 5.75 Å². The third-order valence-corrected chi connectivity index (χ3v) is 3.10. The number of para-hydroxylation sites is 1. The molecule has 0 bridgehead atoms. The molecule has 2 rings (SSSR count). The number of hydrogen-bond donors (Lipinski definition) is 1. The van der Waals surface area contributed by atoms with Gasteiger partial charge in [-0.2, -0.15) is 0 Å². The summed E-state index contributed by atoms with van der Waals surface area (Å²) in [6, 6.07) is 10.3. The summed E-state index contributed by atoms with van der Waals surface area (Å²) in [5.41, 5.74) is 1.98. The average Bonchev–Trinajstić information content (AvgIpc) is 2.85. The highest BCUT2D eigenvalue weighted by Gasteiger charge is 2.12. The maximum Gasteiger partial charge on any atom is 0.134 e. The maximum atomic E-state index is 5.86. The monoisotopic (exact) mass is 260 g/mol. The molecule has 4 heteroatoms. The molecule has 0 amide bonds. The van der Waals surface area contributed by atoms with Crippen LogP contribution in [0.2, 0.25) is 0 Å². The van der Waals surface area contributed by atoms with E-state index in [2.05, 4.69) is 23.5 Å². The van der Waals surface area contributed by atoms with Crippen molar-refractivity contribution in [3.05, 3.63) is 47.3 Å². The van der Waals surface area contributed by atoms with E-state index >= 15 is 0 Å². The Hall–Kier alpha value is -1.81. The van der Waals surface area contributed by atoms with Gasteiger partial charge in [0.1, 0.15) is 23.8 Å². The minimum Gasteiger partial charge on any atom is -0.487 e. The van der Waals surface area contributed by atoms with E-state index in [0.717, 1.165) is 23.6 Å². The van der Waals surface area contributed by atoms with E-state index in [0.29, 0.717) is 12.6 Å². The van der Waals surface area contributed by atoms with Gasteiger partial charge in [0.15, 0.2) is 0 Å². The van der Waals surface area contributed by atoms with Crippen molar-refractivity contribution in [3.63, 3.8) is 0 Å². The lowest BCUT2D eigenvalue weighted by Gasteiger charge is -2.18. The van der Waals surface area contributed by atoms with Gasteiger partial charge in [0.25, 0.3) is 0 Å². The minimum absolute atomic E-state index is 0.301. The minimum atomic E-state index is 0.301. The van der Waals surface area contributed by atoms with Gasteiger partial charge in [0.05, 0.1) is 0 Å². The van der Waals surface area contributed by atoms with Crippen molar-refractivity contribution in [2.45, 2.75) is 32.9 Å². The molecule has 0 radical (unpaired) electrons. The van der Waals surface area contributed by atoms with Gasteiger partial charge in [-0.25, -0.2) is 0 Å². The largest absolute Gasteiger partial charge is 0.487 e. The Kier molecular flexibility index (Phi) is 4.58. The SMILES string of the molecule is CCC(NC)c1ccccc1OCc1cc(C)on1. The fourth-order valence-corrected chi connectivity index (χ4v) is 2.12. The first kappa shape index (κ1) is 13.6. The number of nitrogens with zero attached hydrogens (tertiary/aromatic N) is 1. The zero-order chi connectivity index (χ0) is 13.7. The molecule has 0 spiro atoms.